The maximum atomic E-state index is 5.43. The first-order valence-electron chi connectivity index (χ1n) is 6.89. The van der Waals surface area contributed by atoms with E-state index in [1.54, 1.807) is 21.3 Å². The van der Waals surface area contributed by atoms with Crippen LogP contribution in [0.15, 0.2) is 12.1 Å². The number of ether oxygens (including phenoxy) is 3. The predicted octanol–water partition coefficient (Wildman–Crippen LogP) is 2.70. The Kier molecular flexibility index (Phi) is 5.86. The molecule has 0 spiro atoms. The summed E-state index contributed by atoms with van der Waals surface area (Å²) in [6.07, 6.45) is 2.66. The Bertz CT molecular complexity index is 433. The lowest BCUT2D eigenvalue weighted by Gasteiger charge is -2.15. The number of benzene rings is 1. The van der Waals surface area contributed by atoms with Gasteiger partial charge in [0.2, 0.25) is 0 Å². The summed E-state index contributed by atoms with van der Waals surface area (Å²) in [6, 6.07) is 3.85. The van der Waals surface area contributed by atoms with Crippen LogP contribution >= 0.6 is 11.8 Å². The van der Waals surface area contributed by atoms with Gasteiger partial charge in [0.25, 0.3) is 0 Å². The van der Waals surface area contributed by atoms with Gasteiger partial charge in [0, 0.05) is 30.0 Å². The third kappa shape index (κ3) is 3.73. The van der Waals surface area contributed by atoms with E-state index in [0.717, 1.165) is 35.4 Å². The first-order chi connectivity index (χ1) is 9.78. The lowest BCUT2D eigenvalue weighted by molar-refractivity contribution is 0.347. The average Bonchev–Trinajstić information content (AvgIpc) is 2.99. The zero-order valence-corrected chi connectivity index (χ0v) is 13.2. The second-order valence-electron chi connectivity index (χ2n) is 4.78. The van der Waals surface area contributed by atoms with Crippen molar-refractivity contribution in [3.63, 3.8) is 0 Å². The molecule has 1 unspecified atom stereocenters. The molecule has 0 bridgehead atoms. The lowest BCUT2D eigenvalue weighted by atomic mass is 10.1. The van der Waals surface area contributed by atoms with Gasteiger partial charge in [0.05, 0.1) is 21.3 Å². The highest BCUT2D eigenvalue weighted by atomic mass is 32.2. The molecule has 5 heteroatoms. The minimum atomic E-state index is 0.694. The Morgan fingerprint density at radius 2 is 1.80 bits per heavy atom. The van der Waals surface area contributed by atoms with Gasteiger partial charge in [0.15, 0.2) is 11.5 Å². The van der Waals surface area contributed by atoms with Crippen LogP contribution in [0, 0.1) is 0 Å². The molecule has 2 rings (SSSR count). The van der Waals surface area contributed by atoms with E-state index in [2.05, 4.69) is 17.1 Å². The van der Waals surface area contributed by atoms with Gasteiger partial charge in [-0.2, -0.15) is 11.8 Å². The summed E-state index contributed by atoms with van der Waals surface area (Å²) in [4.78, 5) is 0. The van der Waals surface area contributed by atoms with Crippen molar-refractivity contribution in [2.24, 2.45) is 0 Å². The van der Waals surface area contributed by atoms with Crippen LogP contribution < -0.4 is 19.5 Å². The first-order valence-corrected chi connectivity index (χ1v) is 7.94. The van der Waals surface area contributed by atoms with Crippen molar-refractivity contribution >= 4 is 11.8 Å². The maximum Gasteiger partial charge on any atom is 0.164 e. The Balaban J connectivity index is 2.01. The molecule has 0 radical (unpaired) electrons. The van der Waals surface area contributed by atoms with Crippen molar-refractivity contribution in [3.8, 4) is 17.2 Å². The summed E-state index contributed by atoms with van der Waals surface area (Å²) in [5.41, 5.74) is 1.09. The standard InChI is InChI=1S/C15H23NO3S/c1-17-13-8-15(19-3)14(18-2)7-11(13)9-16-10-12-5-4-6-20-12/h7-8,12,16H,4-6,9-10H2,1-3H3. The summed E-state index contributed by atoms with van der Waals surface area (Å²) in [5.74, 6) is 3.56. The van der Waals surface area contributed by atoms with Gasteiger partial charge in [0.1, 0.15) is 5.75 Å². The van der Waals surface area contributed by atoms with Crippen LogP contribution in [-0.2, 0) is 6.54 Å². The molecule has 0 saturated carbocycles. The van der Waals surface area contributed by atoms with Gasteiger partial charge >= 0.3 is 0 Å². The van der Waals surface area contributed by atoms with E-state index in [1.807, 2.05) is 12.1 Å². The maximum absolute atomic E-state index is 5.43. The third-order valence-electron chi connectivity index (χ3n) is 3.50. The number of methoxy groups -OCH3 is 3. The third-order valence-corrected chi connectivity index (χ3v) is 4.90. The van der Waals surface area contributed by atoms with Crippen LogP contribution in [0.4, 0.5) is 0 Å². The van der Waals surface area contributed by atoms with Crippen molar-refractivity contribution in [3.05, 3.63) is 17.7 Å². The van der Waals surface area contributed by atoms with Crippen LogP contribution in [0.5, 0.6) is 17.2 Å². The molecular formula is C15H23NO3S. The second-order valence-corrected chi connectivity index (χ2v) is 6.19. The fourth-order valence-corrected chi connectivity index (χ4v) is 3.64. The lowest BCUT2D eigenvalue weighted by Crippen LogP contribution is -2.22. The molecule has 1 aromatic rings. The van der Waals surface area contributed by atoms with E-state index < -0.39 is 0 Å². The van der Waals surface area contributed by atoms with Gasteiger partial charge in [-0.15, -0.1) is 0 Å². The first kappa shape index (κ1) is 15.3. The van der Waals surface area contributed by atoms with E-state index in [1.165, 1.54) is 18.6 Å². The molecule has 1 aliphatic heterocycles. The van der Waals surface area contributed by atoms with Crippen LogP contribution in [0.1, 0.15) is 18.4 Å². The Morgan fingerprint density at radius 3 is 2.40 bits per heavy atom. The molecule has 1 fully saturated rings. The van der Waals surface area contributed by atoms with Crippen LogP contribution in [-0.4, -0.2) is 38.9 Å². The second kappa shape index (κ2) is 7.64. The molecule has 112 valence electrons. The summed E-state index contributed by atoms with van der Waals surface area (Å²) < 4.78 is 16.1. The van der Waals surface area contributed by atoms with E-state index in [-0.39, 0.29) is 0 Å². The van der Waals surface area contributed by atoms with Gasteiger partial charge in [-0.05, 0) is 24.7 Å². The molecular weight excluding hydrogens is 274 g/mol. The Hall–Kier alpha value is -1.07. The van der Waals surface area contributed by atoms with Gasteiger partial charge in [-0.25, -0.2) is 0 Å². The Morgan fingerprint density at radius 1 is 1.10 bits per heavy atom. The Labute approximate surface area is 125 Å². The SMILES string of the molecule is COc1cc(OC)c(OC)cc1CNCC1CCCS1. The van der Waals surface area contributed by atoms with Crippen molar-refractivity contribution in [2.75, 3.05) is 33.6 Å². The van der Waals surface area contributed by atoms with E-state index in [0.29, 0.717) is 5.75 Å². The topological polar surface area (TPSA) is 39.7 Å². The monoisotopic (exact) mass is 297 g/mol. The highest BCUT2D eigenvalue weighted by molar-refractivity contribution is 8.00. The highest BCUT2D eigenvalue weighted by Crippen LogP contribution is 2.34. The average molecular weight is 297 g/mol. The normalized spacial score (nSPS) is 18.1. The van der Waals surface area contributed by atoms with Crippen molar-refractivity contribution in [1.82, 2.24) is 5.32 Å². The molecule has 0 aromatic heterocycles. The van der Waals surface area contributed by atoms with Crippen molar-refractivity contribution in [2.45, 2.75) is 24.6 Å². The molecule has 1 aromatic carbocycles. The molecule has 0 aliphatic carbocycles. The summed E-state index contributed by atoms with van der Waals surface area (Å²) >= 11 is 2.06. The number of nitrogens with one attached hydrogen (secondary N) is 1. The number of hydrogen-bond acceptors (Lipinski definition) is 5. The molecule has 0 amide bonds. The number of hydrogen-bond donors (Lipinski definition) is 1. The molecule has 1 heterocycles. The molecule has 1 N–H and O–H groups in total. The van der Waals surface area contributed by atoms with Crippen molar-refractivity contribution in [1.29, 1.82) is 0 Å². The smallest absolute Gasteiger partial charge is 0.164 e. The summed E-state index contributed by atoms with van der Waals surface area (Å²) in [6.45, 7) is 1.82. The summed E-state index contributed by atoms with van der Waals surface area (Å²) in [7, 11) is 4.96. The zero-order valence-electron chi connectivity index (χ0n) is 12.4. The molecule has 1 atom stereocenters. The van der Waals surface area contributed by atoms with Gasteiger partial charge in [-0.1, -0.05) is 0 Å². The fourth-order valence-electron chi connectivity index (χ4n) is 2.40. The van der Waals surface area contributed by atoms with Crippen LogP contribution in [0.25, 0.3) is 0 Å². The quantitative estimate of drug-likeness (QED) is 0.838. The molecule has 4 nitrogen and oxygen atoms in total. The zero-order chi connectivity index (χ0) is 14.4. The minimum absolute atomic E-state index is 0.694. The van der Waals surface area contributed by atoms with Crippen molar-refractivity contribution < 1.29 is 14.2 Å². The number of rotatable bonds is 7. The highest BCUT2D eigenvalue weighted by Gasteiger charge is 2.16. The fraction of sp³-hybridized carbons (Fsp3) is 0.600. The van der Waals surface area contributed by atoms with E-state index >= 15 is 0 Å². The van der Waals surface area contributed by atoms with Crippen LogP contribution in [0.3, 0.4) is 0 Å². The molecule has 1 saturated heterocycles. The van der Waals surface area contributed by atoms with Gasteiger partial charge < -0.3 is 19.5 Å². The predicted molar refractivity (Wildman–Crippen MR) is 83.3 cm³/mol. The van der Waals surface area contributed by atoms with E-state index in [4.69, 9.17) is 14.2 Å². The van der Waals surface area contributed by atoms with Gasteiger partial charge in [-0.3, -0.25) is 0 Å². The van der Waals surface area contributed by atoms with Crippen LogP contribution in [0.2, 0.25) is 0 Å². The number of thioether (sulfide) groups is 1. The molecule has 20 heavy (non-hydrogen) atoms. The molecule has 1 aliphatic rings. The largest absolute Gasteiger partial charge is 0.496 e. The minimum Gasteiger partial charge on any atom is -0.496 e. The summed E-state index contributed by atoms with van der Waals surface area (Å²) in [5, 5.41) is 4.26. The van der Waals surface area contributed by atoms with E-state index in [9.17, 15) is 0 Å².